The van der Waals surface area contributed by atoms with Crippen molar-refractivity contribution in [2.24, 2.45) is 12.8 Å². The number of hydrogen-bond acceptors (Lipinski definition) is 2. The Morgan fingerprint density at radius 1 is 1.35 bits per heavy atom. The van der Waals surface area contributed by atoms with Gasteiger partial charge in [0.15, 0.2) is 0 Å². The molecule has 1 aromatic carbocycles. The standard InChI is InChI=1S/C14H17N3/c1-17-9-8-13(16-17)14(15)12-7-6-10-4-2-3-5-11(10)12/h2-5,8-9,12,14H,6-7,15H2,1H3. The molecule has 0 saturated heterocycles. The number of rotatable bonds is 2. The minimum Gasteiger partial charge on any atom is -0.322 e. The molecule has 3 heteroatoms. The first-order valence-corrected chi connectivity index (χ1v) is 6.08. The van der Waals surface area contributed by atoms with Crippen molar-refractivity contribution >= 4 is 0 Å². The molecule has 0 bridgehead atoms. The third-order valence-corrected chi connectivity index (χ3v) is 3.69. The summed E-state index contributed by atoms with van der Waals surface area (Å²) in [4.78, 5) is 0. The summed E-state index contributed by atoms with van der Waals surface area (Å²) in [5.74, 6) is 0.418. The van der Waals surface area contributed by atoms with E-state index in [0.717, 1.165) is 18.5 Å². The first-order valence-electron chi connectivity index (χ1n) is 6.08. The fourth-order valence-electron chi connectivity index (χ4n) is 2.78. The zero-order chi connectivity index (χ0) is 11.8. The zero-order valence-electron chi connectivity index (χ0n) is 10.0. The number of nitrogens with zero attached hydrogens (tertiary/aromatic N) is 2. The maximum atomic E-state index is 6.35. The summed E-state index contributed by atoms with van der Waals surface area (Å²) in [5.41, 5.74) is 10.2. The molecule has 1 aliphatic rings. The molecular weight excluding hydrogens is 210 g/mol. The molecule has 1 aliphatic carbocycles. The van der Waals surface area contributed by atoms with Crippen LogP contribution in [0, 0.1) is 0 Å². The van der Waals surface area contributed by atoms with Crippen molar-refractivity contribution in [2.45, 2.75) is 24.8 Å². The van der Waals surface area contributed by atoms with Crippen LogP contribution in [0.4, 0.5) is 0 Å². The topological polar surface area (TPSA) is 43.8 Å². The van der Waals surface area contributed by atoms with Crippen molar-refractivity contribution in [1.29, 1.82) is 0 Å². The van der Waals surface area contributed by atoms with E-state index in [-0.39, 0.29) is 6.04 Å². The minimum absolute atomic E-state index is 0.0137. The molecule has 0 fully saturated rings. The lowest BCUT2D eigenvalue weighted by atomic mass is 9.92. The van der Waals surface area contributed by atoms with E-state index >= 15 is 0 Å². The van der Waals surface area contributed by atoms with Crippen LogP contribution in [0.15, 0.2) is 36.5 Å². The second kappa shape index (κ2) is 4.00. The molecular formula is C14H17N3. The molecule has 0 radical (unpaired) electrons. The monoisotopic (exact) mass is 227 g/mol. The lowest BCUT2D eigenvalue weighted by Crippen LogP contribution is -2.19. The molecule has 2 N–H and O–H groups in total. The Balaban J connectivity index is 1.92. The van der Waals surface area contributed by atoms with Crippen LogP contribution in [0.3, 0.4) is 0 Å². The summed E-state index contributed by atoms with van der Waals surface area (Å²) >= 11 is 0. The van der Waals surface area contributed by atoms with Gasteiger partial charge in [0.25, 0.3) is 0 Å². The molecule has 0 spiro atoms. The zero-order valence-corrected chi connectivity index (χ0v) is 10.0. The van der Waals surface area contributed by atoms with Gasteiger partial charge in [-0.2, -0.15) is 5.10 Å². The van der Waals surface area contributed by atoms with Gasteiger partial charge in [0, 0.05) is 19.2 Å². The molecule has 0 saturated carbocycles. The summed E-state index contributed by atoms with van der Waals surface area (Å²) in [5, 5.41) is 4.42. The van der Waals surface area contributed by atoms with E-state index in [0.29, 0.717) is 5.92 Å². The highest BCUT2D eigenvalue weighted by Gasteiger charge is 2.29. The normalized spacial score (nSPS) is 20.2. The van der Waals surface area contributed by atoms with Crippen molar-refractivity contribution in [3.05, 3.63) is 53.3 Å². The van der Waals surface area contributed by atoms with Gasteiger partial charge < -0.3 is 5.73 Å². The van der Waals surface area contributed by atoms with Crippen molar-refractivity contribution in [3.8, 4) is 0 Å². The first-order chi connectivity index (χ1) is 8.25. The van der Waals surface area contributed by atoms with E-state index in [9.17, 15) is 0 Å². The molecule has 1 heterocycles. The number of aryl methyl sites for hydroxylation is 2. The van der Waals surface area contributed by atoms with Gasteiger partial charge in [-0.1, -0.05) is 24.3 Å². The fourth-order valence-corrected chi connectivity index (χ4v) is 2.78. The number of aromatic nitrogens is 2. The third-order valence-electron chi connectivity index (χ3n) is 3.69. The van der Waals surface area contributed by atoms with Gasteiger partial charge in [0.05, 0.1) is 11.7 Å². The fraction of sp³-hybridized carbons (Fsp3) is 0.357. The largest absolute Gasteiger partial charge is 0.322 e. The molecule has 0 amide bonds. The Bertz CT molecular complexity index is 530. The van der Waals surface area contributed by atoms with E-state index in [1.54, 1.807) is 0 Å². The van der Waals surface area contributed by atoms with Crippen molar-refractivity contribution < 1.29 is 0 Å². The second-order valence-electron chi connectivity index (χ2n) is 4.78. The average molecular weight is 227 g/mol. The summed E-state index contributed by atoms with van der Waals surface area (Å²) < 4.78 is 1.82. The van der Waals surface area contributed by atoms with Crippen LogP contribution in [0.25, 0.3) is 0 Å². The maximum Gasteiger partial charge on any atom is 0.0797 e. The number of benzene rings is 1. The highest BCUT2D eigenvalue weighted by atomic mass is 15.3. The van der Waals surface area contributed by atoms with Crippen LogP contribution >= 0.6 is 0 Å². The smallest absolute Gasteiger partial charge is 0.0797 e. The van der Waals surface area contributed by atoms with Crippen molar-refractivity contribution in [3.63, 3.8) is 0 Å². The van der Waals surface area contributed by atoms with Gasteiger partial charge in [0.1, 0.15) is 0 Å². The number of hydrogen-bond donors (Lipinski definition) is 1. The summed E-state index contributed by atoms with van der Waals surface area (Å²) in [7, 11) is 1.93. The predicted molar refractivity (Wildman–Crippen MR) is 67.6 cm³/mol. The lowest BCUT2D eigenvalue weighted by Gasteiger charge is -2.18. The molecule has 17 heavy (non-hydrogen) atoms. The highest BCUT2D eigenvalue weighted by Crippen LogP contribution is 2.39. The average Bonchev–Trinajstić information content (AvgIpc) is 2.94. The Morgan fingerprint density at radius 2 is 2.18 bits per heavy atom. The van der Waals surface area contributed by atoms with Crippen LogP contribution < -0.4 is 5.73 Å². The Labute approximate surface area is 101 Å². The van der Waals surface area contributed by atoms with E-state index in [1.807, 2.05) is 24.0 Å². The van der Waals surface area contributed by atoms with Crippen LogP contribution in [0.2, 0.25) is 0 Å². The Morgan fingerprint density at radius 3 is 2.94 bits per heavy atom. The van der Waals surface area contributed by atoms with Gasteiger partial charge in [-0.15, -0.1) is 0 Å². The number of fused-ring (bicyclic) bond motifs is 1. The molecule has 3 rings (SSSR count). The molecule has 3 nitrogen and oxygen atoms in total. The van der Waals surface area contributed by atoms with Gasteiger partial charge in [-0.05, 0) is 30.0 Å². The van der Waals surface area contributed by atoms with Gasteiger partial charge in [-0.3, -0.25) is 4.68 Å². The molecule has 2 atom stereocenters. The Kier molecular flexibility index (Phi) is 2.48. The molecule has 88 valence electrons. The number of nitrogens with two attached hydrogens (primary N) is 1. The molecule has 2 unspecified atom stereocenters. The maximum absolute atomic E-state index is 6.35. The molecule has 0 aliphatic heterocycles. The SMILES string of the molecule is Cn1ccc(C(N)C2CCc3ccccc32)n1. The van der Waals surface area contributed by atoms with Crippen molar-refractivity contribution in [2.75, 3.05) is 0 Å². The third kappa shape index (κ3) is 1.76. The van der Waals surface area contributed by atoms with Crippen LogP contribution in [0.5, 0.6) is 0 Å². The first kappa shape index (κ1) is 10.5. The lowest BCUT2D eigenvalue weighted by molar-refractivity contribution is 0.531. The Hall–Kier alpha value is -1.61. The van der Waals surface area contributed by atoms with Gasteiger partial charge >= 0.3 is 0 Å². The minimum atomic E-state index is 0.0137. The second-order valence-corrected chi connectivity index (χ2v) is 4.78. The van der Waals surface area contributed by atoms with E-state index in [1.165, 1.54) is 11.1 Å². The summed E-state index contributed by atoms with van der Waals surface area (Å²) in [6.07, 6.45) is 4.23. The van der Waals surface area contributed by atoms with Crippen LogP contribution in [-0.4, -0.2) is 9.78 Å². The van der Waals surface area contributed by atoms with E-state index < -0.39 is 0 Å². The van der Waals surface area contributed by atoms with Crippen LogP contribution in [-0.2, 0) is 13.5 Å². The molecule has 2 aromatic rings. The predicted octanol–water partition coefficient (Wildman–Crippen LogP) is 2.15. The summed E-state index contributed by atoms with van der Waals surface area (Å²) in [6.45, 7) is 0. The van der Waals surface area contributed by atoms with Gasteiger partial charge in [-0.25, -0.2) is 0 Å². The highest BCUT2D eigenvalue weighted by molar-refractivity contribution is 5.37. The van der Waals surface area contributed by atoms with Crippen LogP contribution in [0.1, 0.15) is 35.2 Å². The quantitative estimate of drug-likeness (QED) is 0.854. The van der Waals surface area contributed by atoms with E-state index in [2.05, 4.69) is 29.4 Å². The summed E-state index contributed by atoms with van der Waals surface area (Å²) in [6, 6.07) is 10.7. The van der Waals surface area contributed by atoms with Crippen molar-refractivity contribution in [1.82, 2.24) is 9.78 Å². The molecule has 1 aromatic heterocycles. The van der Waals surface area contributed by atoms with Gasteiger partial charge in [0.2, 0.25) is 0 Å². The van der Waals surface area contributed by atoms with E-state index in [4.69, 9.17) is 5.73 Å².